The maximum atomic E-state index is 13.1. The van der Waals surface area contributed by atoms with Crippen molar-refractivity contribution in [2.45, 2.75) is 38.0 Å². The van der Waals surface area contributed by atoms with Gasteiger partial charge in [0, 0.05) is 18.7 Å². The zero-order valence-corrected chi connectivity index (χ0v) is 15.5. The van der Waals surface area contributed by atoms with E-state index in [4.69, 9.17) is 9.47 Å². The van der Waals surface area contributed by atoms with Crippen molar-refractivity contribution in [3.8, 4) is 0 Å². The van der Waals surface area contributed by atoms with E-state index in [2.05, 4.69) is 0 Å². The smallest absolute Gasteiger partial charge is 0.254 e. The Hall–Kier alpha value is -1.64. The largest absolute Gasteiger partial charge is 0.348 e. The van der Waals surface area contributed by atoms with Gasteiger partial charge in [-0.05, 0) is 43.9 Å². The van der Waals surface area contributed by atoms with Gasteiger partial charge in [0.1, 0.15) is 0 Å². The molecule has 0 radical (unpaired) electrons. The summed E-state index contributed by atoms with van der Waals surface area (Å²) in [5.41, 5.74) is 1.07. The number of carbonyl (C=O) groups is 1. The van der Waals surface area contributed by atoms with Gasteiger partial charge in [0.05, 0.1) is 30.7 Å². The third kappa shape index (κ3) is 3.33. The van der Waals surface area contributed by atoms with Crippen LogP contribution in [0.15, 0.2) is 24.3 Å². The molecule has 3 aliphatic heterocycles. The van der Waals surface area contributed by atoms with E-state index in [1.54, 1.807) is 24.3 Å². The van der Waals surface area contributed by atoms with Gasteiger partial charge in [-0.25, -0.2) is 8.42 Å². The second-order valence-electron chi connectivity index (χ2n) is 6.96. The number of hydrogen-bond acceptors (Lipinski definition) is 5. The number of benzene rings is 1. The van der Waals surface area contributed by atoms with Crippen LogP contribution in [0, 0.1) is 0 Å². The SMILES string of the molecule is O=C(c1cccc(N2CCCS2(=O)=O)c1)N1CCCCC1C1OCCO1. The Kier molecular flexibility index (Phi) is 4.90. The molecule has 0 aromatic heterocycles. The minimum Gasteiger partial charge on any atom is -0.348 e. The van der Waals surface area contributed by atoms with Crippen LogP contribution in [-0.4, -0.2) is 63.6 Å². The molecule has 7 nitrogen and oxygen atoms in total. The number of hydrogen-bond donors (Lipinski definition) is 0. The minimum absolute atomic E-state index is 0.0853. The molecule has 1 aromatic rings. The van der Waals surface area contributed by atoms with Gasteiger partial charge in [-0.15, -0.1) is 0 Å². The van der Waals surface area contributed by atoms with Gasteiger partial charge in [-0.1, -0.05) is 6.07 Å². The van der Waals surface area contributed by atoms with Crippen LogP contribution in [0.1, 0.15) is 36.0 Å². The number of carbonyl (C=O) groups excluding carboxylic acids is 1. The fraction of sp³-hybridized carbons (Fsp3) is 0.611. The number of nitrogens with zero attached hydrogens (tertiary/aromatic N) is 2. The molecular formula is C18H24N2O5S. The molecule has 8 heteroatoms. The number of anilines is 1. The first kappa shape index (κ1) is 17.8. The molecule has 1 atom stereocenters. The van der Waals surface area contributed by atoms with Crippen LogP contribution < -0.4 is 4.31 Å². The summed E-state index contributed by atoms with van der Waals surface area (Å²) in [5, 5.41) is 0. The Morgan fingerprint density at radius 1 is 1.08 bits per heavy atom. The molecule has 3 fully saturated rings. The molecule has 0 bridgehead atoms. The van der Waals surface area contributed by atoms with Crippen LogP contribution in [0.2, 0.25) is 0 Å². The first-order chi connectivity index (χ1) is 12.6. The van der Waals surface area contributed by atoms with E-state index in [0.717, 1.165) is 19.3 Å². The third-order valence-electron chi connectivity index (χ3n) is 5.25. The van der Waals surface area contributed by atoms with Crippen LogP contribution in [-0.2, 0) is 19.5 Å². The van der Waals surface area contributed by atoms with Crippen LogP contribution >= 0.6 is 0 Å². The number of ether oxygens (including phenoxy) is 2. The second kappa shape index (κ2) is 7.17. The topological polar surface area (TPSA) is 76.2 Å². The summed E-state index contributed by atoms with van der Waals surface area (Å²) in [5.74, 6) is 0.0719. The number of rotatable bonds is 3. The van der Waals surface area contributed by atoms with E-state index < -0.39 is 10.0 Å². The maximum Gasteiger partial charge on any atom is 0.254 e. The van der Waals surface area contributed by atoms with E-state index in [1.807, 2.05) is 4.90 Å². The zero-order chi connectivity index (χ0) is 18.1. The summed E-state index contributed by atoms with van der Waals surface area (Å²) in [6, 6.07) is 6.84. The highest BCUT2D eigenvalue weighted by atomic mass is 32.2. The average molecular weight is 380 g/mol. The molecule has 0 saturated carbocycles. The molecule has 26 heavy (non-hydrogen) atoms. The molecular weight excluding hydrogens is 356 g/mol. The summed E-state index contributed by atoms with van der Waals surface area (Å²) >= 11 is 0. The molecule has 1 aromatic carbocycles. The fourth-order valence-electron chi connectivity index (χ4n) is 3.98. The summed E-state index contributed by atoms with van der Waals surface area (Å²) in [6.07, 6.45) is 3.11. The molecule has 1 amide bonds. The normalized spacial score (nSPS) is 26.4. The lowest BCUT2D eigenvalue weighted by Crippen LogP contribution is -2.50. The van der Waals surface area contributed by atoms with Crippen molar-refractivity contribution in [1.29, 1.82) is 0 Å². The predicted octanol–water partition coefficient (Wildman–Crippen LogP) is 1.59. The quantitative estimate of drug-likeness (QED) is 0.796. The lowest BCUT2D eigenvalue weighted by Gasteiger charge is -2.38. The summed E-state index contributed by atoms with van der Waals surface area (Å²) in [6.45, 7) is 2.26. The molecule has 0 spiro atoms. The highest BCUT2D eigenvalue weighted by Gasteiger charge is 2.37. The van der Waals surface area contributed by atoms with Crippen molar-refractivity contribution in [2.24, 2.45) is 0 Å². The zero-order valence-electron chi connectivity index (χ0n) is 14.7. The van der Waals surface area contributed by atoms with Crippen molar-refractivity contribution in [1.82, 2.24) is 4.90 Å². The van der Waals surface area contributed by atoms with Crippen LogP contribution in [0.4, 0.5) is 5.69 Å². The van der Waals surface area contributed by atoms with E-state index in [0.29, 0.717) is 44.0 Å². The summed E-state index contributed by atoms with van der Waals surface area (Å²) < 4.78 is 37.0. The molecule has 3 heterocycles. The lowest BCUT2D eigenvalue weighted by molar-refractivity contribution is -0.100. The van der Waals surface area contributed by atoms with Crippen molar-refractivity contribution < 1.29 is 22.7 Å². The molecule has 0 N–H and O–H groups in total. The standard InChI is InChI=1S/C18H24N2O5S/c21-17(19-8-2-1-7-16(19)18-24-10-11-25-18)14-5-3-6-15(13-14)20-9-4-12-26(20,22)23/h3,5-6,13,16,18H,1-2,4,7-12H2. The number of piperidine rings is 1. The van der Waals surface area contributed by atoms with Gasteiger partial charge >= 0.3 is 0 Å². The van der Waals surface area contributed by atoms with Crippen LogP contribution in [0.25, 0.3) is 0 Å². The number of likely N-dealkylation sites (tertiary alicyclic amines) is 1. The molecule has 1 unspecified atom stereocenters. The van der Waals surface area contributed by atoms with E-state index in [9.17, 15) is 13.2 Å². The van der Waals surface area contributed by atoms with Crippen molar-refractivity contribution in [2.75, 3.05) is 36.4 Å². The van der Waals surface area contributed by atoms with E-state index in [-0.39, 0.29) is 24.0 Å². The Morgan fingerprint density at radius 2 is 1.88 bits per heavy atom. The Labute approximate surface area is 153 Å². The predicted molar refractivity (Wildman–Crippen MR) is 96.6 cm³/mol. The van der Waals surface area contributed by atoms with Gasteiger partial charge in [-0.2, -0.15) is 0 Å². The van der Waals surface area contributed by atoms with Crippen molar-refractivity contribution >= 4 is 21.6 Å². The van der Waals surface area contributed by atoms with Crippen LogP contribution in [0.3, 0.4) is 0 Å². The second-order valence-corrected chi connectivity index (χ2v) is 8.98. The van der Waals surface area contributed by atoms with Crippen molar-refractivity contribution in [3.05, 3.63) is 29.8 Å². The molecule has 0 aliphatic carbocycles. The molecule has 3 aliphatic rings. The monoisotopic (exact) mass is 380 g/mol. The van der Waals surface area contributed by atoms with E-state index >= 15 is 0 Å². The molecule has 4 rings (SSSR count). The number of amides is 1. The summed E-state index contributed by atoms with van der Waals surface area (Å²) in [7, 11) is -3.26. The molecule has 3 saturated heterocycles. The Morgan fingerprint density at radius 3 is 2.62 bits per heavy atom. The highest BCUT2D eigenvalue weighted by Crippen LogP contribution is 2.28. The van der Waals surface area contributed by atoms with Gasteiger partial charge in [0.25, 0.3) is 5.91 Å². The van der Waals surface area contributed by atoms with Crippen LogP contribution in [0.5, 0.6) is 0 Å². The van der Waals surface area contributed by atoms with Crippen molar-refractivity contribution in [3.63, 3.8) is 0 Å². The van der Waals surface area contributed by atoms with Gasteiger partial charge in [0.2, 0.25) is 10.0 Å². The fourth-order valence-corrected chi connectivity index (χ4v) is 5.54. The minimum atomic E-state index is -3.26. The Balaban J connectivity index is 1.58. The first-order valence-corrected chi connectivity index (χ1v) is 10.8. The molecule has 142 valence electrons. The first-order valence-electron chi connectivity index (χ1n) is 9.21. The van der Waals surface area contributed by atoms with Gasteiger partial charge in [-0.3, -0.25) is 9.10 Å². The highest BCUT2D eigenvalue weighted by molar-refractivity contribution is 7.93. The van der Waals surface area contributed by atoms with E-state index in [1.165, 1.54) is 4.31 Å². The Bertz CT molecular complexity index is 776. The third-order valence-corrected chi connectivity index (χ3v) is 7.12. The van der Waals surface area contributed by atoms with Gasteiger partial charge < -0.3 is 14.4 Å². The number of sulfonamides is 1. The average Bonchev–Trinajstić information content (AvgIpc) is 3.30. The maximum absolute atomic E-state index is 13.1. The lowest BCUT2D eigenvalue weighted by atomic mass is 10.00. The summed E-state index contributed by atoms with van der Waals surface area (Å²) in [4.78, 5) is 15.0. The van der Waals surface area contributed by atoms with Gasteiger partial charge in [0.15, 0.2) is 6.29 Å².